The van der Waals surface area contributed by atoms with Gasteiger partial charge in [0, 0.05) is 19.4 Å². The number of hydroxylamine groups is 1. The van der Waals surface area contributed by atoms with Crippen LogP contribution in [-0.2, 0) is 22.6 Å². The molecule has 3 aromatic rings. The molecule has 1 heterocycles. The molecule has 0 unspecified atom stereocenters. The molecule has 3 aromatic carbocycles. The molecule has 0 aromatic heterocycles. The molecular weight excluding hydrogens is 454 g/mol. The minimum Gasteiger partial charge on any atom is -0.326 e. The molecule has 7 nitrogen and oxygen atoms in total. The second kappa shape index (κ2) is 12.1. The lowest BCUT2D eigenvalue weighted by molar-refractivity contribution is -0.129. The molecule has 2 N–H and O–H groups in total. The lowest BCUT2D eigenvalue weighted by Crippen LogP contribution is -2.50. The predicted octanol–water partition coefficient (Wildman–Crippen LogP) is 4.35. The van der Waals surface area contributed by atoms with Crippen LogP contribution in [0.2, 0.25) is 0 Å². The van der Waals surface area contributed by atoms with Crippen molar-refractivity contribution in [1.82, 2.24) is 10.4 Å². The largest absolute Gasteiger partial charge is 0.326 e. The molecular formula is C29H31N3O4. The third kappa shape index (κ3) is 5.98. The van der Waals surface area contributed by atoms with Crippen molar-refractivity contribution in [2.24, 2.45) is 0 Å². The molecule has 0 saturated carbocycles. The zero-order chi connectivity index (χ0) is 25.3. The van der Waals surface area contributed by atoms with Gasteiger partial charge in [-0.2, -0.15) is 0 Å². The summed E-state index contributed by atoms with van der Waals surface area (Å²) in [6, 6.07) is 26.2. The van der Waals surface area contributed by atoms with Gasteiger partial charge in [0.05, 0.1) is 17.8 Å². The van der Waals surface area contributed by atoms with Gasteiger partial charge in [-0.3, -0.25) is 19.6 Å². The van der Waals surface area contributed by atoms with Crippen LogP contribution in [-0.4, -0.2) is 40.4 Å². The number of rotatable bonds is 10. The summed E-state index contributed by atoms with van der Waals surface area (Å²) in [4.78, 5) is 42.7. The fourth-order valence-corrected chi connectivity index (χ4v) is 4.64. The second-order valence-corrected chi connectivity index (χ2v) is 8.98. The van der Waals surface area contributed by atoms with E-state index < -0.39 is 11.9 Å². The topological polar surface area (TPSA) is 90.0 Å². The first-order chi connectivity index (χ1) is 17.6. The second-order valence-electron chi connectivity index (χ2n) is 8.98. The van der Waals surface area contributed by atoms with Crippen molar-refractivity contribution in [2.75, 3.05) is 11.4 Å². The van der Waals surface area contributed by atoms with Gasteiger partial charge in [0.1, 0.15) is 6.04 Å². The van der Waals surface area contributed by atoms with Crippen LogP contribution in [0.4, 0.5) is 5.69 Å². The summed E-state index contributed by atoms with van der Waals surface area (Å²) in [7, 11) is 0. The Kier molecular flexibility index (Phi) is 8.47. The molecule has 186 valence electrons. The number of amides is 3. The molecule has 0 saturated heterocycles. The standard InChI is InChI=1S/C29H31N3O4/c33-27(30-36)18-8-3-11-19-31-26(20-22-12-4-1-5-13-22)29(35)32(21-23-14-6-2-7-15-23)25-17-10-9-16-24(25)28(31)34/h1-2,4-7,9-10,12-17,26,36H,3,8,11,18-21H2,(H,30,33)/t26-/m0/s1. The Labute approximate surface area is 211 Å². The first-order valence-electron chi connectivity index (χ1n) is 12.3. The number of fused-ring (bicyclic) bond motifs is 1. The Morgan fingerprint density at radius 3 is 2.14 bits per heavy atom. The first-order valence-corrected chi connectivity index (χ1v) is 12.3. The Bertz CT molecular complexity index is 1180. The maximum absolute atomic E-state index is 14.1. The minimum absolute atomic E-state index is 0.110. The zero-order valence-electron chi connectivity index (χ0n) is 20.2. The van der Waals surface area contributed by atoms with Crippen molar-refractivity contribution < 1.29 is 19.6 Å². The van der Waals surface area contributed by atoms with Gasteiger partial charge in [-0.1, -0.05) is 79.2 Å². The fraction of sp³-hybridized carbons (Fsp3) is 0.276. The summed E-state index contributed by atoms with van der Waals surface area (Å²) < 4.78 is 0. The average Bonchev–Trinajstić information content (AvgIpc) is 2.99. The van der Waals surface area contributed by atoms with E-state index in [1.165, 1.54) is 0 Å². The quantitative estimate of drug-likeness (QED) is 0.254. The monoisotopic (exact) mass is 485 g/mol. The molecule has 0 spiro atoms. The maximum atomic E-state index is 14.1. The van der Waals surface area contributed by atoms with Gasteiger partial charge >= 0.3 is 0 Å². The number of nitrogens with one attached hydrogen (secondary N) is 1. The van der Waals surface area contributed by atoms with Crippen LogP contribution < -0.4 is 10.4 Å². The van der Waals surface area contributed by atoms with Crippen LogP contribution in [0.15, 0.2) is 84.9 Å². The highest BCUT2D eigenvalue weighted by Gasteiger charge is 2.39. The van der Waals surface area contributed by atoms with E-state index in [1.807, 2.05) is 78.9 Å². The summed E-state index contributed by atoms with van der Waals surface area (Å²) in [6.07, 6.45) is 2.55. The van der Waals surface area contributed by atoms with E-state index in [1.54, 1.807) is 21.3 Å². The normalized spacial score (nSPS) is 15.4. The predicted molar refractivity (Wildman–Crippen MR) is 137 cm³/mol. The Hall–Kier alpha value is -3.97. The summed E-state index contributed by atoms with van der Waals surface area (Å²) in [5, 5.41) is 8.69. The highest BCUT2D eigenvalue weighted by atomic mass is 16.5. The van der Waals surface area contributed by atoms with Crippen LogP contribution in [0.1, 0.15) is 47.2 Å². The van der Waals surface area contributed by atoms with Crippen LogP contribution in [0.25, 0.3) is 0 Å². The van der Waals surface area contributed by atoms with Crippen LogP contribution in [0.5, 0.6) is 0 Å². The van der Waals surface area contributed by atoms with E-state index in [4.69, 9.17) is 5.21 Å². The number of para-hydroxylation sites is 1. The van der Waals surface area contributed by atoms with Crippen molar-refractivity contribution in [2.45, 2.75) is 44.7 Å². The summed E-state index contributed by atoms with van der Waals surface area (Å²) in [5.74, 6) is -0.701. The van der Waals surface area contributed by atoms with Crippen molar-refractivity contribution in [1.29, 1.82) is 0 Å². The molecule has 0 bridgehead atoms. The molecule has 1 aliphatic heterocycles. The lowest BCUT2D eigenvalue weighted by atomic mass is 10.0. The lowest BCUT2D eigenvalue weighted by Gasteiger charge is -2.31. The number of hydrogen-bond donors (Lipinski definition) is 2. The van der Waals surface area contributed by atoms with E-state index in [9.17, 15) is 14.4 Å². The zero-order valence-corrected chi connectivity index (χ0v) is 20.2. The molecule has 1 aliphatic rings. The van der Waals surface area contributed by atoms with E-state index in [2.05, 4.69) is 0 Å². The molecule has 7 heteroatoms. The van der Waals surface area contributed by atoms with Crippen molar-refractivity contribution in [3.05, 3.63) is 102 Å². The molecule has 3 amide bonds. The molecule has 0 fully saturated rings. The van der Waals surface area contributed by atoms with E-state index in [-0.39, 0.29) is 18.2 Å². The number of benzene rings is 3. The van der Waals surface area contributed by atoms with E-state index in [0.29, 0.717) is 50.0 Å². The Morgan fingerprint density at radius 2 is 1.44 bits per heavy atom. The summed E-state index contributed by atoms with van der Waals surface area (Å²) in [6.45, 7) is 0.774. The highest BCUT2D eigenvalue weighted by molar-refractivity contribution is 6.11. The summed E-state index contributed by atoms with van der Waals surface area (Å²) >= 11 is 0. The minimum atomic E-state index is -0.656. The number of hydrogen-bond acceptors (Lipinski definition) is 4. The third-order valence-corrected chi connectivity index (χ3v) is 6.50. The Morgan fingerprint density at radius 1 is 0.806 bits per heavy atom. The van der Waals surface area contributed by atoms with Gasteiger partial charge in [-0.25, -0.2) is 5.48 Å². The van der Waals surface area contributed by atoms with E-state index in [0.717, 1.165) is 11.1 Å². The molecule has 1 atom stereocenters. The van der Waals surface area contributed by atoms with Crippen molar-refractivity contribution >= 4 is 23.4 Å². The molecule has 0 radical (unpaired) electrons. The Balaban J connectivity index is 1.65. The number of anilines is 1. The SMILES string of the molecule is O=C(CCCCCN1C(=O)c2ccccc2N(Cc2ccccc2)C(=O)[C@@H]1Cc1ccccc1)NO. The number of unbranched alkanes of at least 4 members (excludes halogenated alkanes) is 2. The van der Waals surface area contributed by atoms with Gasteiger partial charge in [0.15, 0.2) is 0 Å². The summed E-state index contributed by atoms with van der Waals surface area (Å²) in [5.41, 5.74) is 4.75. The number of nitrogens with zero attached hydrogens (tertiary/aromatic N) is 2. The first kappa shape index (κ1) is 25.1. The maximum Gasteiger partial charge on any atom is 0.256 e. The van der Waals surface area contributed by atoms with Gasteiger partial charge < -0.3 is 9.80 Å². The molecule has 0 aliphatic carbocycles. The van der Waals surface area contributed by atoms with Gasteiger partial charge in [-0.15, -0.1) is 0 Å². The van der Waals surface area contributed by atoms with Gasteiger partial charge in [0.25, 0.3) is 5.91 Å². The number of carbonyl (C=O) groups is 3. The van der Waals surface area contributed by atoms with Gasteiger partial charge in [-0.05, 0) is 36.1 Å². The highest BCUT2D eigenvalue weighted by Crippen LogP contribution is 2.31. The third-order valence-electron chi connectivity index (χ3n) is 6.50. The molecule has 36 heavy (non-hydrogen) atoms. The average molecular weight is 486 g/mol. The van der Waals surface area contributed by atoms with Crippen LogP contribution in [0, 0.1) is 0 Å². The smallest absolute Gasteiger partial charge is 0.256 e. The molecule has 4 rings (SSSR count). The fourth-order valence-electron chi connectivity index (χ4n) is 4.64. The van der Waals surface area contributed by atoms with Crippen molar-refractivity contribution in [3.8, 4) is 0 Å². The van der Waals surface area contributed by atoms with Crippen LogP contribution in [0.3, 0.4) is 0 Å². The van der Waals surface area contributed by atoms with Crippen LogP contribution >= 0.6 is 0 Å². The van der Waals surface area contributed by atoms with E-state index >= 15 is 0 Å². The van der Waals surface area contributed by atoms with Crippen molar-refractivity contribution in [3.63, 3.8) is 0 Å². The number of carbonyl (C=O) groups excluding carboxylic acids is 3. The van der Waals surface area contributed by atoms with Gasteiger partial charge in [0.2, 0.25) is 11.8 Å².